The molecule has 0 aliphatic rings. The molecule has 22 heavy (non-hydrogen) atoms. The van der Waals surface area contributed by atoms with E-state index in [1.165, 1.54) is 0 Å². The first-order chi connectivity index (χ1) is 10.4. The Labute approximate surface area is 162 Å². The van der Waals surface area contributed by atoms with Crippen molar-refractivity contribution in [3.63, 3.8) is 0 Å². The molecule has 0 radical (unpaired) electrons. The maximum atomic E-state index is 12.1. The minimum absolute atomic E-state index is 0.376. The van der Waals surface area contributed by atoms with Crippen LogP contribution in [0.4, 0.5) is 0 Å². The number of hydrogen-bond donors (Lipinski definition) is 0. The molecule has 3 nitrogen and oxygen atoms in total. The Hall–Kier alpha value is 0.0200. The molecular weight excluding hydrogens is 546 g/mol. The molecule has 0 N–H and O–H groups in total. The second kappa shape index (κ2) is 7.73. The fourth-order valence-electron chi connectivity index (χ4n) is 2.39. The van der Waals surface area contributed by atoms with Gasteiger partial charge in [-0.3, -0.25) is 9.59 Å². The molecule has 0 amide bonds. The van der Waals surface area contributed by atoms with Crippen LogP contribution in [0.1, 0.15) is 36.7 Å². The van der Waals surface area contributed by atoms with Gasteiger partial charge in [0.15, 0.2) is 6.29 Å². The van der Waals surface area contributed by atoms with Crippen molar-refractivity contribution in [2.24, 2.45) is 0 Å². The van der Waals surface area contributed by atoms with Crippen molar-refractivity contribution in [2.75, 3.05) is 0 Å². The van der Waals surface area contributed by atoms with Crippen LogP contribution in [0, 0.1) is 0 Å². The highest BCUT2D eigenvalue weighted by molar-refractivity contribution is 9.15. The van der Waals surface area contributed by atoms with E-state index in [0.717, 1.165) is 47.9 Å². The molecule has 0 aliphatic heterocycles. The van der Waals surface area contributed by atoms with Gasteiger partial charge in [-0.25, -0.2) is 0 Å². The van der Waals surface area contributed by atoms with E-state index in [9.17, 15) is 9.59 Å². The number of aryl methyl sites for hydroxylation is 1. The first-order valence-electron chi connectivity index (χ1n) is 6.78. The zero-order valence-corrected chi connectivity index (χ0v) is 18.1. The monoisotopic (exact) mass is 555 g/mol. The lowest BCUT2D eigenvalue weighted by Crippen LogP contribution is -2.10. The molecule has 1 aromatic heterocycles. The molecule has 0 saturated heterocycles. The third kappa shape index (κ3) is 3.28. The smallest absolute Gasteiger partial charge is 0.242 e. The number of carbonyl (C=O) groups is 2. The summed E-state index contributed by atoms with van der Waals surface area (Å²) in [5.74, 6) is -0.506. The van der Waals surface area contributed by atoms with Crippen molar-refractivity contribution in [2.45, 2.75) is 32.7 Å². The third-order valence-corrected chi connectivity index (χ3v) is 8.25. The summed E-state index contributed by atoms with van der Waals surface area (Å²) in [5, 5.41) is 1.64. The molecule has 0 spiro atoms. The molecular formula is C15H13Br4NO2. The predicted octanol–water partition coefficient (Wildman–Crippen LogP) is 6.26. The Morgan fingerprint density at radius 3 is 2.32 bits per heavy atom. The summed E-state index contributed by atoms with van der Waals surface area (Å²) in [7, 11) is 0. The van der Waals surface area contributed by atoms with Crippen LogP contribution < -0.4 is 0 Å². The van der Waals surface area contributed by atoms with Gasteiger partial charge < -0.3 is 4.57 Å². The summed E-state index contributed by atoms with van der Waals surface area (Å²) in [6.45, 7) is 2.84. The van der Waals surface area contributed by atoms with Crippen molar-refractivity contribution >= 4 is 86.6 Å². The van der Waals surface area contributed by atoms with Gasteiger partial charge in [0.25, 0.3) is 0 Å². The van der Waals surface area contributed by atoms with Gasteiger partial charge in [0.1, 0.15) is 5.69 Å². The Morgan fingerprint density at radius 2 is 1.73 bits per heavy atom. The zero-order valence-electron chi connectivity index (χ0n) is 11.8. The number of aromatic nitrogens is 1. The van der Waals surface area contributed by atoms with Crippen LogP contribution in [0.2, 0.25) is 0 Å². The van der Waals surface area contributed by atoms with Gasteiger partial charge >= 0.3 is 0 Å². The van der Waals surface area contributed by atoms with E-state index in [4.69, 9.17) is 0 Å². The number of unbranched alkanes of at least 4 members (excludes halogenated alkanes) is 2. The second-order valence-electron chi connectivity index (χ2n) is 4.90. The number of nitrogens with zero attached hydrogens (tertiary/aromatic N) is 1. The molecule has 2 aromatic rings. The number of Topliss-reactive ketones (excluding diaryl/α,β-unsaturated/α-hetero) is 1. The Bertz CT molecular complexity index is 752. The summed E-state index contributed by atoms with van der Waals surface area (Å²) in [6, 6.07) is 0. The highest BCUT2D eigenvalue weighted by atomic mass is 79.9. The molecule has 0 bridgehead atoms. The topological polar surface area (TPSA) is 39.1 Å². The molecule has 1 heterocycles. The minimum Gasteiger partial charge on any atom is -0.344 e. The van der Waals surface area contributed by atoms with Gasteiger partial charge in [-0.05, 0) is 70.1 Å². The molecule has 0 aliphatic carbocycles. The highest BCUT2D eigenvalue weighted by Crippen LogP contribution is 2.45. The lowest BCUT2D eigenvalue weighted by Gasteiger charge is -2.08. The average molecular weight is 559 g/mol. The Morgan fingerprint density at radius 1 is 1.09 bits per heavy atom. The maximum absolute atomic E-state index is 12.1. The number of halogens is 4. The van der Waals surface area contributed by atoms with E-state index >= 15 is 0 Å². The Kier molecular flexibility index (Phi) is 6.45. The van der Waals surface area contributed by atoms with Crippen molar-refractivity contribution in [3.05, 3.63) is 29.8 Å². The highest BCUT2D eigenvalue weighted by Gasteiger charge is 2.23. The number of fused-ring (bicyclic) bond motifs is 1. The van der Waals surface area contributed by atoms with E-state index in [2.05, 4.69) is 70.6 Å². The van der Waals surface area contributed by atoms with E-state index in [1.807, 2.05) is 10.8 Å². The van der Waals surface area contributed by atoms with Gasteiger partial charge in [0.2, 0.25) is 5.78 Å². The van der Waals surface area contributed by atoms with Crippen LogP contribution in [0.25, 0.3) is 10.8 Å². The van der Waals surface area contributed by atoms with E-state index in [-0.39, 0.29) is 0 Å². The van der Waals surface area contributed by atoms with Crippen molar-refractivity contribution in [3.8, 4) is 0 Å². The fourth-order valence-corrected chi connectivity index (χ4v) is 4.83. The fraction of sp³-hybridized carbons (Fsp3) is 0.333. The summed E-state index contributed by atoms with van der Waals surface area (Å²) in [5.41, 5.74) is 0.432. The minimum atomic E-state index is -0.506. The predicted molar refractivity (Wildman–Crippen MR) is 103 cm³/mol. The normalized spacial score (nSPS) is 11.1. The molecule has 0 unspecified atom stereocenters. The van der Waals surface area contributed by atoms with Crippen LogP contribution in [-0.4, -0.2) is 16.6 Å². The van der Waals surface area contributed by atoms with Gasteiger partial charge in [0, 0.05) is 41.4 Å². The number of hydrogen-bond acceptors (Lipinski definition) is 2. The van der Waals surface area contributed by atoms with Crippen LogP contribution in [0.5, 0.6) is 0 Å². The summed E-state index contributed by atoms with van der Waals surface area (Å²) < 4.78 is 5.16. The molecule has 0 fully saturated rings. The molecule has 7 heteroatoms. The number of ketones is 1. The van der Waals surface area contributed by atoms with Crippen molar-refractivity contribution in [1.82, 2.24) is 4.57 Å². The Balaban J connectivity index is 2.75. The molecule has 0 saturated carbocycles. The third-order valence-electron chi connectivity index (χ3n) is 3.46. The molecule has 0 atom stereocenters. The molecule has 1 aromatic carbocycles. The van der Waals surface area contributed by atoms with Gasteiger partial charge in [-0.15, -0.1) is 0 Å². The quantitative estimate of drug-likeness (QED) is 0.105. The average Bonchev–Trinajstić information content (AvgIpc) is 2.90. The van der Waals surface area contributed by atoms with Crippen LogP contribution in [0.15, 0.2) is 24.1 Å². The van der Waals surface area contributed by atoms with Crippen LogP contribution >= 0.6 is 63.7 Å². The first kappa shape index (κ1) is 18.4. The van der Waals surface area contributed by atoms with E-state index in [0.29, 0.717) is 18.5 Å². The summed E-state index contributed by atoms with van der Waals surface area (Å²) >= 11 is 14.1. The van der Waals surface area contributed by atoms with Gasteiger partial charge in [-0.1, -0.05) is 19.8 Å². The summed E-state index contributed by atoms with van der Waals surface area (Å²) in [6.07, 6.45) is 5.45. The second-order valence-corrected chi connectivity index (χ2v) is 8.08. The zero-order chi connectivity index (χ0) is 16.4. The van der Waals surface area contributed by atoms with Gasteiger partial charge in [-0.2, -0.15) is 0 Å². The van der Waals surface area contributed by atoms with Crippen molar-refractivity contribution < 1.29 is 9.59 Å². The largest absolute Gasteiger partial charge is 0.344 e. The van der Waals surface area contributed by atoms with E-state index < -0.39 is 5.78 Å². The lowest BCUT2D eigenvalue weighted by molar-refractivity contribution is -0.104. The summed E-state index contributed by atoms with van der Waals surface area (Å²) in [4.78, 5) is 23.2. The van der Waals surface area contributed by atoms with E-state index in [1.54, 1.807) is 0 Å². The number of benzene rings is 1. The number of aldehydes is 1. The van der Waals surface area contributed by atoms with Gasteiger partial charge in [0.05, 0.1) is 0 Å². The number of carbonyl (C=O) groups excluding carboxylic acids is 2. The van der Waals surface area contributed by atoms with Crippen molar-refractivity contribution in [1.29, 1.82) is 0 Å². The SMILES string of the molecule is CCCCCn1cc2c(Br)c(Br)c(Br)c(Br)c2c1C(=O)C=O. The van der Waals surface area contributed by atoms with Crippen LogP contribution in [0.3, 0.4) is 0 Å². The molecule has 2 rings (SSSR count). The first-order valence-corrected chi connectivity index (χ1v) is 9.95. The standard InChI is InChI=1S/C15H13Br4NO2/c1-2-3-4-5-20-6-8-10(15(20)9(22)7-21)12(17)14(19)13(18)11(8)16/h6-7H,2-5H2,1H3. The lowest BCUT2D eigenvalue weighted by atomic mass is 10.1. The molecule has 118 valence electrons. The maximum Gasteiger partial charge on any atom is 0.242 e. The number of rotatable bonds is 6. The van der Waals surface area contributed by atoms with Crippen LogP contribution in [-0.2, 0) is 11.3 Å².